The second-order valence-electron chi connectivity index (χ2n) is 4.84. The van der Waals surface area contributed by atoms with Gasteiger partial charge in [-0.2, -0.15) is 9.97 Å². The molecule has 1 aromatic heterocycles. The Hall–Kier alpha value is -2.50. The lowest BCUT2D eigenvalue weighted by Gasteiger charge is -2.12. The van der Waals surface area contributed by atoms with Crippen molar-refractivity contribution < 1.29 is 13.9 Å². The summed E-state index contributed by atoms with van der Waals surface area (Å²) in [5, 5.41) is 2.80. The minimum absolute atomic E-state index is 0.159. The van der Waals surface area contributed by atoms with Gasteiger partial charge >= 0.3 is 6.01 Å². The Morgan fingerprint density at radius 1 is 1.18 bits per heavy atom. The molecular weight excluding hydrogens is 285 g/mol. The zero-order valence-electron chi connectivity index (χ0n) is 12.8. The zero-order chi connectivity index (χ0) is 16.1. The van der Waals surface area contributed by atoms with Crippen molar-refractivity contribution in [2.75, 3.05) is 11.9 Å². The lowest BCUT2D eigenvalue weighted by Crippen LogP contribution is -2.17. The molecule has 0 saturated heterocycles. The lowest BCUT2D eigenvalue weighted by atomic mass is 10.1. The van der Waals surface area contributed by atoms with E-state index < -0.39 is 0 Å². The van der Waals surface area contributed by atoms with Crippen molar-refractivity contribution in [3.8, 4) is 6.01 Å². The number of benzene rings is 1. The molecule has 1 N–H and O–H groups in total. The summed E-state index contributed by atoms with van der Waals surface area (Å²) in [4.78, 5) is 20.5. The number of aromatic nitrogens is 2. The number of amides is 1. The van der Waals surface area contributed by atoms with Crippen LogP contribution in [0.15, 0.2) is 24.3 Å². The van der Waals surface area contributed by atoms with Crippen molar-refractivity contribution in [2.45, 2.75) is 27.2 Å². The van der Waals surface area contributed by atoms with Crippen LogP contribution < -0.4 is 10.1 Å². The van der Waals surface area contributed by atoms with Crippen LogP contribution >= 0.6 is 0 Å². The Kier molecular flexibility index (Phi) is 5.04. The van der Waals surface area contributed by atoms with E-state index >= 15 is 0 Å². The maximum Gasteiger partial charge on any atom is 0.316 e. The molecule has 1 heterocycles. The first kappa shape index (κ1) is 15.9. The van der Waals surface area contributed by atoms with E-state index in [1.165, 1.54) is 12.1 Å². The summed E-state index contributed by atoms with van der Waals surface area (Å²) in [5.41, 5.74) is 2.60. The smallest absolute Gasteiger partial charge is 0.316 e. The second kappa shape index (κ2) is 6.98. The number of carbonyl (C=O) groups excluding carboxylic acids is 1. The Morgan fingerprint density at radius 3 is 2.32 bits per heavy atom. The summed E-state index contributed by atoms with van der Waals surface area (Å²) in [6.45, 7) is 5.90. The van der Waals surface area contributed by atoms with Gasteiger partial charge in [0.1, 0.15) is 5.82 Å². The molecule has 0 unspecified atom stereocenters. The van der Waals surface area contributed by atoms with Gasteiger partial charge in [0.15, 0.2) is 0 Å². The van der Waals surface area contributed by atoms with Crippen LogP contribution in [-0.4, -0.2) is 22.5 Å². The number of nitrogens with zero attached hydrogens (tertiary/aromatic N) is 2. The summed E-state index contributed by atoms with van der Waals surface area (Å²) in [6.07, 6.45) is 0.159. The van der Waals surface area contributed by atoms with Gasteiger partial charge in [-0.05, 0) is 38.5 Å². The van der Waals surface area contributed by atoms with Crippen LogP contribution in [-0.2, 0) is 11.2 Å². The number of anilines is 1. The molecule has 0 saturated carbocycles. The quantitative estimate of drug-likeness (QED) is 0.922. The van der Waals surface area contributed by atoms with Crippen molar-refractivity contribution in [1.29, 1.82) is 0 Å². The van der Waals surface area contributed by atoms with Crippen molar-refractivity contribution in [2.24, 2.45) is 0 Å². The topological polar surface area (TPSA) is 64.1 Å². The number of carbonyl (C=O) groups is 1. The van der Waals surface area contributed by atoms with Crippen LogP contribution in [0.5, 0.6) is 6.01 Å². The van der Waals surface area contributed by atoms with Gasteiger partial charge in [0.25, 0.3) is 0 Å². The normalized spacial score (nSPS) is 10.4. The van der Waals surface area contributed by atoms with Crippen LogP contribution in [0.3, 0.4) is 0 Å². The number of hydrogen-bond donors (Lipinski definition) is 1. The average molecular weight is 303 g/mol. The minimum atomic E-state index is -0.323. The first-order valence-corrected chi connectivity index (χ1v) is 7.02. The number of halogens is 1. The summed E-state index contributed by atoms with van der Waals surface area (Å²) >= 11 is 0. The molecule has 6 heteroatoms. The standard InChI is InChI=1S/C16H18FN3O2/c1-4-22-16-18-10(2)15(11(3)19-16)20-14(21)9-12-5-7-13(17)8-6-12/h5-8H,4,9H2,1-3H3,(H,20,21). The fraction of sp³-hybridized carbons (Fsp3) is 0.312. The van der Waals surface area contributed by atoms with Crippen LogP contribution in [0.4, 0.5) is 10.1 Å². The highest BCUT2D eigenvalue weighted by Gasteiger charge is 2.12. The highest BCUT2D eigenvalue weighted by molar-refractivity contribution is 5.93. The average Bonchev–Trinajstić information content (AvgIpc) is 2.46. The summed E-state index contributed by atoms with van der Waals surface area (Å²) < 4.78 is 18.1. The van der Waals surface area contributed by atoms with E-state index in [9.17, 15) is 9.18 Å². The summed E-state index contributed by atoms with van der Waals surface area (Å²) in [6, 6.07) is 6.14. The van der Waals surface area contributed by atoms with Crippen molar-refractivity contribution >= 4 is 11.6 Å². The molecule has 1 amide bonds. The molecule has 2 aromatic rings. The van der Waals surface area contributed by atoms with Gasteiger partial charge in [-0.15, -0.1) is 0 Å². The third kappa shape index (κ3) is 4.00. The minimum Gasteiger partial charge on any atom is -0.464 e. The third-order valence-electron chi connectivity index (χ3n) is 3.07. The van der Waals surface area contributed by atoms with E-state index in [1.807, 2.05) is 6.92 Å². The number of aryl methyl sites for hydroxylation is 2. The highest BCUT2D eigenvalue weighted by Crippen LogP contribution is 2.19. The van der Waals surface area contributed by atoms with Gasteiger partial charge in [-0.1, -0.05) is 12.1 Å². The fourth-order valence-corrected chi connectivity index (χ4v) is 2.03. The fourth-order valence-electron chi connectivity index (χ4n) is 2.03. The maximum absolute atomic E-state index is 12.8. The van der Waals surface area contributed by atoms with E-state index in [4.69, 9.17) is 4.74 Å². The van der Waals surface area contributed by atoms with Gasteiger partial charge in [0.05, 0.1) is 30.1 Å². The molecule has 0 radical (unpaired) electrons. The van der Waals surface area contributed by atoms with E-state index in [0.29, 0.717) is 29.7 Å². The Bertz CT molecular complexity index is 649. The van der Waals surface area contributed by atoms with Gasteiger partial charge < -0.3 is 10.1 Å². The van der Waals surface area contributed by atoms with E-state index in [0.717, 1.165) is 5.56 Å². The second-order valence-corrected chi connectivity index (χ2v) is 4.84. The monoisotopic (exact) mass is 303 g/mol. The first-order valence-electron chi connectivity index (χ1n) is 7.02. The highest BCUT2D eigenvalue weighted by atomic mass is 19.1. The number of rotatable bonds is 5. The van der Waals surface area contributed by atoms with E-state index in [2.05, 4.69) is 15.3 Å². The van der Waals surface area contributed by atoms with Crippen LogP contribution in [0.1, 0.15) is 23.9 Å². The van der Waals surface area contributed by atoms with Gasteiger partial charge in [-0.25, -0.2) is 4.39 Å². The molecule has 0 aliphatic carbocycles. The van der Waals surface area contributed by atoms with Crippen molar-refractivity contribution in [1.82, 2.24) is 9.97 Å². The molecule has 5 nitrogen and oxygen atoms in total. The summed E-state index contributed by atoms with van der Waals surface area (Å²) in [5.74, 6) is -0.527. The molecule has 0 fully saturated rings. The van der Waals surface area contributed by atoms with Gasteiger partial charge in [0, 0.05) is 0 Å². The van der Waals surface area contributed by atoms with Gasteiger partial charge in [-0.3, -0.25) is 4.79 Å². The zero-order valence-corrected chi connectivity index (χ0v) is 12.8. The molecule has 1 aromatic carbocycles. The van der Waals surface area contributed by atoms with Crippen LogP contribution in [0.25, 0.3) is 0 Å². The number of ether oxygens (including phenoxy) is 1. The summed E-state index contributed by atoms with van der Waals surface area (Å²) in [7, 11) is 0. The molecule has 22 heavy (non-hydrogen) atoms. The maximum atomic E-state index is 12.8. The first-order chi connectivity index (χ1) is 10.5. The molecule has 0 aliphatic rings. The molecule has 116 valence electrons. The van der Waals surface area contributed by atoms with E-state index in [-0.39, 0.29) is 18.1 Å². The lowest BCUT2D eigenvalue weighted by molar-refractivity contribution is -0.115. The van der Waals surface area contributed by atoms with Crippen molar-refractivity contribution in [3.05, 3.63) is 47.0 Å². The molecule has 0 spiro atoms. The van der Waals surface area contributed by atoms with Crippen LogP contribution in [0, 0.1) is 19.7 Å². The molecular formula is C16H18FN3O2. The molecule has 0 bridgehead atoms. The molecule has 2 rings (SSSR count). The SMILES string of the molecule is CCOc1nc(C)c(NC(=O)Cc2ccc(F)cc2)c(C)n1. The van der Waals surface area contributed by atoms with Crippen molar-refractivity contribution in [3.63, 3.8) is 0 Å². The van der Waals surface area contributed by atoms with Crippen LogP contribution in [0.2, 0.25) is 0 Å². The Morgan fingerprint density at radius 2 is 1.77 bits per heavy atom. The predicted molar refractivity (Wildman–Crippen MR) is 81.4 cm³/mol. The Balaban J connectivity index is 2.09. The largest absolute Gasteiger partial charge is 0.464 e. The Labute approximate surface area is 128 Å². The van der Waals surface area contributed by atoms with Gasteiger partial charge in [0.2, 0.25) is 5.91 Å². The molecule has 0 aliphatic heterocycles. The van der Waals surface area contributed by atoms with E-state index in [1.54, 1.807) is 26.0 Å². The number of hydrogen-bond acceptors (Lipinski definition) is 4. The third-order valence-corrected chi connectivity index (χ3v) is 3.07. The predicted octanol–water partition coefficient (Wildman–Crippen LogP) is 2.81. The number of nitrogens with one attached hydrogen (secondary N) is 1. The molecule has 0 atom stereocenters.